The molecule has 140 valence electrons. The van der Waals surface area contributed by atoms with E-state index in [0.29, 0.717) is 13.1 Å². The predicted molar refractivity (Wildman–Crippen MR) is 101 cm³/mol. The molecule has 1 atom stereocenters. The van der Waals surface area contributed by atoms with Crippen molar-refractivity contribution in [3.63, 3.8) is 0 Å². The lowest BCUT2D eigenvalue weighted by atomic mass is 10.1. The molecule has 0 bridgehead atoms. The molecule has 1 aromatic heterocycles. The number of carbonyl (C=O) groups is 1. The largest absolute Gasteiger partial charge is 0.395 e. The van der Waals surface area contributed by atoms with Crippen LogP contribution in [0.15, 0.2) is 41.8 Å². The molecule has 7 heteroatoms. The summed E-state index contributed by atoms with van der Waals surface area (Å²) >= 11 is 1.57. The van der Waals surface area contributed by atoms with E-state index >= 15 is 0 Å². The molecule has 26 heavy (non-hydrogen) atoms. The molecule has 5 nitrogen and oxygen atoms in total. The van der Waals surface area contributed by atoms with E-state index in [9.17, 15) is 9.18 Å². The van der Waals surface area contributed by atoms with Gasteiger partial charge >= 0.3 is 0 Å². The number of β-amino-alcohol motifs (C(OH)–C–C–N with tert-alkyl or cyclic N) is 1. The highest BCUT2D eigenvalue weighted by Crippen LogP contribution is 2.26. The molecule has 1 unspecified atom stereocenters. The lowest BCUT2D eigenvalue weighted by Crippen LogP contribution is -2.50. The fraction of sp³-hybridized carbons (Fsp3) is 0.421. The summed E-state index contributed by atoms with van der Waals surface area (Å²) in [5, 5.41) is 14.1. The van der Waals surface area contributed by atoms with Crippen LogP contribution in [0.3, 0.4) is 0 Å². The number of halogens is 1. The Bertz CT molecular complexity index is 685. The minimum atomic E-state index is -0.286. The van der Waals surface area contributed by atoms with Crippen LogP contribution in [-0.2, 0) is 4.79 Å². The smallest absolute Gasteiger partial charge is 0.234 e. The van der Waals surface area contributed by atoms with Crippen molar-refractivity contribution >= 4 is 17.2 Å². The third-order valence-electron chi connectivity index (χ3n) is 4.58. The third kappa shape index (κ3) is 5.11. The van der Waals surface area contributed by atoms with E-state index in [1.165, 1.54) is 12.1 Å². The molecular weight excluding hydrogens is 353 g/mol. The van der Waals surface area contributed by atoms with Crippen molar-refractivity contribution in [2.24, 2.45) is 0 Å². The Morgan fingerprint density at radius 1 is 1.15 bits per heavy atom. The third-order valence-corrected chi connectivity index (χ3v) is 5.52. The van der Waals surface area contributed by atoms with E-state index in [2.05, 4.69) is 15.1 Å². The lowest BCUT2D eigenvalue weighted by Gasteiger charge is -2.34. The second-order valence-corrected chi connectivity index (χ2v) is 7.39. The summed E-state index contributed by atoms with van der Waals surface area (Å²) in [7, 11) is 0. The van der Waals surface area contributed by atoms with E-state index < -0.39 is 0 Å². The van der Waals surface area contributed by atoms with Gasteiger partial charge in [-0.15, -0.1) is 11.3 Å². The number of aliphatic hydroxyl groups excluding tert-OH is 1. The van der Waals surface area contributed by atoms with Gasteiger partial charge in [0.1, 0.15) is 5.82 Å². The number of carbonyl (C=O) groups excluding carboxylic acids is 1. The Hall–Kier alpha value is -1.80. The van der Waals surface area contributed by atoms with Gasteiger partial charge in [0.25, 0.3) is 0 Å². The monoisotopic (exact) mass is 377 g/mol. The van der Waals surface area contributed by atoms with Crippen LogP contribution in [0.1, 0.15) is 16.5 Å². The number of piperazine rings is 1. The number of thiophene rings is 1. The van der Waals surface area contributed by atoms with Gasteiger partial charge in [-0.1, -0.05) is 18.2 Å². The van der Waals surface area contributed by atoms with E-state index in [0.717, 1.165) is 36.6 Å². The fourth-order valence-corrected chi connectivity index (χ4v) is 3.95. The van der Waals surface area contributed by atoms with Crippen LogP contribution in [0.2, 0.25) is 0 Å². The van der Waals surface area contributed by atoms with Gasteiger partial charge in [0.15, 0.2) is 0 Å². The van der Waals surface area contributed by atoms with Crippen LogP contribution >= 0.6 is 11.3 Å². The number of aliphatic hydroxyl groups is 1. The van der Waals surface area contributed by atoms with Crippen LogP contribution in [0, 0.1) is 5.82 Å². The highest BCUT2D eigenvalue weighted by molar-refractivity contribution is 7.10. The summed E-state index contributed by atoms with van der Waals surface area (Å²) < 4.78 is 13.2. The Morgan fingerprint density at radius 2 is 1.85 bits per heavy atom. The number of hydrogen-bond acceptors (Lipinski definition) is 5. The first kappa shape index (κ1) is 19.0. The number of nitrogens with one attached hydrogen (secondary N) is 1. The van der Waals surface area contributed by atoms with Gasteiger partial charge in [0, 0.05) is 37.6 Å². The van der Waals surface area contributed by atoms with Crippen molar-refractivity contribution < 1.29 is 14.3 Å². The van der Waals surface area contributed by atoms with Gasteiger partial charge in [-0.05, 0) is 29.1 Å². The topological polar surface area (TPSA) is 55.8 Å². The number of nitrogens with zero attached hydrogens (tertiary/aromatic N) is 2. The maximum absolute atomic E-state index is 13.2. The Labute approximate surface area is 157 Å². The van der Waals surface area contributed by atoms with Crippen molar-refractivity contribution in [2.45, 2.75) is 6.04 Å². The van der Waals surface area contributed by atoms with Crippen molar-refractivity contribution in [3.05, 3.63) is 58.0 Å². The molecule has 2 heterocycles. The molecule has 1 fully saturated rings. The first-order valence-electron chi connectivity index (χ1n) is 8.79. The van der Waals surface area contributed by atoms with E-state index in [-0.39, 0.29) is 24.4 Å². The maximum Gasteiger partial charge on any atom is 0.234 e. The Morgan fingerprint density at radius 3 is 2.46 bits per heavy atom. The average molecular weight is 377 g/mol. The summed E-state index contributed by atoms with van der Waals surface area (Å²) in [6.45, 7) is 4.54. The van der Waals surface area contributed by atoms with Crippen molar-refractivity contribution in [1.29, 1.82) is 0 Å². The summed E-state index contributed by atoms with van der Waals surface area (Å²) in [5.41, 5.74) is 0.870. The van der Waals surface area contributed by atoms with E-state index in [1.54, 1.807) is 23.5 Å². The highest BCUT2D eigenvalue weighted by atomic mass is 32.1. The second kappa shape index (κ2) is 9.23. The SMILES string of the molecule is O=C(CN1CCN(CCO)CC1)NC(c1ccc(F)cc1)c1cccs1. The molecule has 0 radical (unpaired) electrons. The molecule has 0 saturated carbocycles. The van der Waals surface area contributed by atoms with Crippen LogP contribution in [0.4, 0.5) is 4.39 Å². The van der Waals surface area contributed by atoms with Crippen molar-refractivity contribution in [3.8, 4) is 0 Å². The lowest BCUT2D eigenvalue weighted by molar-refractivity contribution is -0.123. The maximum atomic E-state index is 13.2. The van der Waals surface area contributed by atoms with Crippen LogP contribution in [-0.4, -0.2) is 66.7 Å². The van der Waals surface area contributed by atoms with E-state index in [4.69, 9.17) is 5.11 Å². The van der Waals surface area contributed by atoms with Gasteiger partial charge in [0.05, 0.1) is 19.2 Å². The fourth-order valence-electron chi connectivity index (χ4n) is 3.15. The zero-order valence-electron chi connectivity index (χ0n) is 14.6. The quantitative estimate of drug-likeness (QED) is 0.771. The second-order valence-electron chi connectivity index (χ2n) is 6.41. The normalized spacial score (nSPS) is 17.2. The predicted octanol–water partition coefficient (Wildman–Crippen LogP) is 1.70. The minimum Gasteiger partial charge on any atom is -0.395 e. The number of benzene rings is 1. The molecular formula is C19H24FN3O2S. The number of hydrogen-bond donors (Lipinski definition) is 2. The first-order chi connectivity index (χ1) is 12.7. The zero-order valence-corrected chi connectivity index (χ0v) is 15.4. The highest BCUT2D eigenvalue weighted by Gasteiger charge is 2.22. The minimum absolute atomic E-state index is 0.0386. The molecule has 1 amide bonds. The standard InChI is InChI=1S/C19H24FN3O2S/c20-16-5-3-15(4-6-16)19(17-2-1-13-26-17)21-18(25)14-23-9-7-22(8-10-23)11-12-24/h1-6,13,19,24H,7-12,14H2,(H,21,25). The zero-order chi connectivity index (χ0) is 18.4. The molecule has 1 aromatic carbocycles. The van der Waals surface area contributed by atoms with Gasteiger partial charge in [-0.2, -0.15) is 0 Å². The summed E-state index contributed by atoms with van der Waals surface area (Å²) in [6, 6.07) is 9.93. The molecule has 2 N–H and O–H groups in total. The van der Waals surface area contributed by atoms with Gasteiger partial charge < -0.3 is 10.4 Å². The van der Waals surface area contributed by atoms with Gasteiger partial charge in [-0.25, -0.2) is 4.39 Å². The van der Waals surface area contributed by atoms with Crippen LogP contribution < -0.4 is 5.32 Å². The average Bonchev–Trinajstić information content (AvgIpc) is 3.17. The van der Waals surface area contributed by atoms with Crippen LogP contribution in [0.25, 0.3) is 0 Å². The Kier molecular flexibility index (Phi) is 6.73. The first-order valence-corrected chi connectivity index (χ1v) is 9.67. The van der Waals surface area contributed by atoms with E-state index in [1.807, 2.05) is 17.5 Å². The molecule has 1 aliphatic heterocycles. The van der Waals surface area contributed by atoms with Gasteiger partial charge in [-0.3, -0.25) is 14.6 Å². The molecule has 1 aliphatic rings. The van der Waals surface area contributed by atoms with Crippen LogP contribution in [0.5, 0.6) is 0 Å². The van der Waals surface area contributed by atoms with Crippen molar-refractivity contribution in [2.75, 3.05) is 45.9 Å². The molecule has 3 rings (SSSR count). The molecule has 0 spiro atoms. The van der Waals surface area contributed by atoms with Crippen molar-refractivity contribution in [1.82, 2.24) is 15.1 Å². The summed E-state index contributed by atoms with van der Waals surface area (Å²) in [6.07, 6.45) is 0. The number of rotatable bonds is 7. The summed E-state index contributed by atoms with van der Waals surface area (Å²) in [4.78, 5) is 17.9. The Balaban J connectivity index is 1.60. The number of amides is 1. The molecule has 2 aromatic rings. The molecule has 0 aliphatic carbocycles. The van der Waals surface area contributed by atoms with Gasteiger partial charge in [0.2, 0.25) is 5.91 Å². The summed E-state index contributed by atoms with van der Waals surface area (Å²) in [5.74, 6) is -0.325. The molecule has 1 saturated heterocycles.